The first-order chi connectivity index (χ1) is 8.93. The average molecular weight is 286 g/mol. The number of rotatable bonds is 3. The summed E-state index contributed by atoms with van der Waals surface area (Å²) in [7, 11) is 0. The highest BCUT2D eigenvalue weighted by Gasteiger charge is 2.41. The van der Waals surface area contributed by atoms with Crippen LogP contribution in [0.5, 0.6) is 0 Å². The molecule has 0 radical (unpaired) electrons. The van der Waals surface area contributed by atoms with E-state index in [1.807, 2.05) is 4.90 Å². The second kappa shape index (κ2) is 5.47. The van der Waals surface area contributed by atoms with Gasteiger partial charge in [-0.15, -0.1) is 0 Å². The summed E-state index contributed by atoms with van der Waals surface area (Å²) in [6.07, 6.45) is 2.46. The van der Waals surface area contributed by atoms with Crippen LogP contribution < -0.4 is 0 Å². The van der Waals surface area contributed by atoms with Gasteiger partial charge >= 0.3 is 5.97 Å². The van der Waals surface area contributed by atoms with E-state index in [0.717, 1.165) is 12.8 Å². The monoisotopic (exact) mass is 285 g/mol. The number of piperidine rings is 1. The molecule has 1 N–H and O–H groups in total. The minimum atomic E-state index is -0.895. The van der Waals surface area contributed by atoms with Gasteiger partial charge in [-0.25, -0.2) is 4.39 Å². The van der Waals surface area contributed by atoms with Crippen molar-refractivity contribution in [1.82, 2.24) is 4.90 Å². The Bertz CT molecular complexity index is 494. The molecular formula is C14H17ClFNO2. The second-order valence-corrected chi connectivity index (χ2v) is 5.60. The number of nitrogens with zero attached hydrogens (tertiary/aromatic N) is 1. The first kappa shape index (κ1) is 14.3. The Morgan fingerprint density at radius 1 is 1.53 bits per heavy atom. The van der Waals surface area contributed by atoms with Crippen LogP contribution in [0.2, 0.25) is 5.02 Å². The Hall–Kier alpha value is -1.13. The van der Waals surface area contributed by atoms with Gasteiger partial charge in [-0.3, -0.25) is 9.69 Å². The summed E-state index contributed by atoms with van der Waals surface area (Å²) in [6, 6.07) is 4.19. The van der Waals surface area contributed by atoms with Crippen molar-refractivity contribution in [2.24, 2.45) is 0 Å². The summed E-state index contributed by atoms with van der Waals surface area (Å²) < 4.78 is 13.3. The van der Waals surface area contributed by atoms with Gasteiger partial charge in [0.15, 0.2) is 0 Å². The molecular weight excluding hydrogens is 269 g/mol. The quantitative estimate of drug-likeness (QED) is 0.926. The summed E-state index contributed by atoms with van der Waals surface area (Å²) in [4.78, 5) is 13.4. The molecule has 1 unspecified atom stereocenters. The lowest BCUT2D eigenvalue weighted by Gasteiger charge is -2.41. The van der Waals surface area contributed by atoms with E-state index in [4.69, 9.17) is 11.6 Å². The molecule has 0 spiro atoms. The van der Waals surface area contributed by atoms with Gasteiger partial charge in [-0.05, 0) is 56.5 Å². The van der Waals surface area contributed by atoms with E-state index >= 15 is 0 Å². The minimum Gasteiger partial charge on any atom is -0.480 e. The molecule has 3 nitrogen and oxygen atoms in total. The van der Waals surface area contributed by atoms with Gasteiger partial charge in [-0.1, -0.05) is 11.6 Å². The van der Waals surface area contributed by atoms with Crippen LogP contribution in [-0.2, 0) is 11.3 Å². The van der Waals surface area contributed by atoms with Gasteiger partial charge in [0.25, 0.3) is 0 Å². The van der Waals surface area contributed by atoms with E-state index in [1.165, 1.54) is 18.2 Å². The van der Waals surface area contributed by atoms with Gasteiger partial charge in [0.1, 0.15) is 11.4 Å². The largest absolute Gasteiger partial charge is 0.480 e. The highest BCUT2D eigenvalue weighted by atomic mass is 35.5. The first-order valence-corrected chi connectivity index (χ1v) is 6.73. The maximum absolute atomic E-state index is 13.3. The lowest BCUT2D eigenvalue weighted by Crippen LogP contribution is -2.54. The standard InChI is InChI=1S/C14H17ClFNO2/c1-14(13(18)19)6-2-3-7-17(14)9-10-8-11(16)4-5-12(10)15/h4-5,8H,2-3,6-7,9H2,1H3,(H,18,19). The fourth-order valence-electron chi connectivity index (χ4n) is 2.54. The number of carboxylic acids is 1. The lowest BCUT2D eigenvalue weighted by atomic mass is 9.88. The van der Waals surface area contributed by atoms with Crippen LogP contribution in [0.3, 0.4) is 0 Å². The molecule has 1 aliphatic rings. The topological polar surface area (TPSA) is 40.5 Å². The predicted molar refractivity (Wildman–Crippen MR) is 71.7 cm³/mol. The highest BCUT2D eigenvalue weighted by molar-refractivity contribution is 6.31. The molecule has 0 saturated carbocycles. The Morgan fingerprint density at radius 2 is 2.26 bits per heavy atom. The SMILES string of the molecule is CC1(C(=O)O)CCCCN1Cc1cc(F)ccc1Cl. The first-order valence-electron chi connectivity index (χ1n) is 6.36. The van der Waals surface area contributed by atoms with Crippen LogP contribution in [0.4, 0.5) is 4.39 Å². The Kier molecular flexibility index (Phi) is 4.11. The highest BCUT2D eigenvalue weighted by Crippen LogP contribution is 2.31. The van der Waals surface area contributed by atoms with Crippen LogP contribution in [0.15, 0.2) is 18.2 Å². The molecule has 1 heterocycles. The molecule has 1 aromatic rings. The number of carbonyl (C=O) groups is 1. The molecule has 1 fully saturated rings. The van der Waals surface area contributed by atoms with Crippen molar-refractivity contribution < 1.29 is 14.3 Å². The number of aliphatic carboxylic acids is 1. The van der Waals surface area contributed by atoms with Gasteiger partial charge in [0.05, 0.1) is 0 Å². The van der Waals surface area contributed by atoms with Crippen molar-refractivity contribution in [1.29, 1.82) is 0 Å². The predicted octanol–water partition coefficient (Wildman–Crippen LogP) is 3.31. The van der Waals surface area contributed by atoms with E-state index in [0.29, 0.717) is 30.1 Å². The van der Waals surface area contributed by atoms with E-state index in [2.05, 4.69) is 0 Å². The van der Waals surface area contributed by atoms with Gasteiger partial charge in [0.2, 0.25) is 0 Å². The molecule has 0 aromatic heterocycles. The van der Waals surface area contributed by atoms with Crippen molar-refractivity contribution in [2.45, 2.75) is 38.3 Å². The van der Waals surface area contributed by atoms with Crippen molar-refractivity contribution in [3.8, 4) is 0 Å². The summed E-state index contributed by atoms with van der Waals surface area (Å²) in [5.41, 5.74) is -0.260. The molecule has 104 valence electrons. The zero-order chi connectivity index (χ0) is 14.0. The minimum absolute atomic E-state index is 0.353. The van der Waals surface area contributed by atoms with E-state index in [-0.39, 0.29) is 5.82 Å². The van der Waals surface area contributed by atoms with Crippen LogP contribution in [0.1, 0.15) is 31.7 Å². The van der Waals surface area contributed by atoms with Crippen molar-refractivity contribution in [3.05, 3.63) is 34.6 Å². The third-order valence-electron chi connectivity index (χ3n) is 3.87. The fourth-order valence-corrected chi connectivity index (χ4v) is 2.72. The molecule has 0 amide bonds. The summed E-state index contributed by atoms with van der Waals surface area (Å²) in [5.74, 6) is -1.19. The number of carboxylic acid groups (broad SMARTS) is 1. The normalized spacial score (nSPS) is 24.4. The number of benzene rings is 1. The lowest BCUT2D eigenvalue weighted by molar-refractivity contribution is -0.153. The van der Waals surface area contributed by atoms with Crippen molar-refractivity contribution in [2.75, 3.05) is 6.54 Å². The van der Waals surface area contributed by atoms with Gasteiger partial charge in [0, 0.05) is 11.6 Å². The maximum Gasteiger partial charge on any atom is 0.323 e. The van der Waals surface area contributed by atoms with Crippen LogP contribution in [0, 0.1) is 5.82 Å². The van der Waals surface area contributed by atoms with E-state index in [1.54, 1.807) is 6.92 Å². The molecule has 1 atom stereocenters. The van der Waals surface area contributed by atoms with Crippen molar-refractivity contribution >= 4 is 17.6 Å². The summed E-state index contributed by atoms with van der Waals surface area (Å²) >= 11 is 6.05. The molecule has 5 heteroatoms. The van der Waals surface area contributed by atoms with Gasteiger partial charge in [-0.2, -0.15) is 0 Å². The molecule has 2 rings (SSSR count). The van der Waals surface area contributed by atoms with Crippen LogP contribution >= 0.6 is 11.6 Å². The summed E-state index contributed by atoms with van der Waals surface area (Å²) in [5, 5.41) is 9.89. The van der Waals surface area contributed by atoms with Crippen LogP contribution in [-0.4, -0.2) is 28.1 Å². The van der Waals surface area contributed by atoms with Crippen LogP contribution in [0.25, 0.3) is 0 Å². The zero-order valence-electron chi connectivity index (χ0n) is 10.8. The number of hydrogen-bond donors (Lipinski definition) is 1. The van der Waals surface area contributed by atoms with Crippen molar-refractivity contribution in [3.63, 3.8) is 0 Å². The third-order valence-corrected chi connectivity index (χ3v) is 4.24. The number of hydrogen-bond acceptors (Lipinski definition) is 2. The maximum atomic E-state index is 13.3. The smallest absolute Gasteiger partial charge is 0.323 e. The van der Waals surface area contributed by atoms with Gasteiger partial charge < -0.3 is 5.11 Å². The molecule has 1 aromatic carbocycles. The fraction of sp³-hybridized carbons (Fsp3) is 0.500. The second-order valence-electron chi connectivity index (χ2n) is 5.19. The molecule has 0 bridgehead atoms. The Balaban J connectivity index is 2.25. The van der Waals surface area contributed by atoms with E-state index < -0.39 is 11.5 Å². The number of likely N-dealkylation sites (tertiary alicyclic amines) is 1. The molecule has 1 aliphatic heterocycles. The zero-order valence-corrected chi connectivity index (χ0v) is 11.6. The Morgan fingerprint density at radius 3 is 2.95 bits per heavy atom. The summed E-state index contributed by atoms with van der Waals surface area (Å²) in [6.45, 7) is 2.77. The Labute approximate surface area is 117 Å². The third kappa shape index (κ3) is 2.90. The van der Waals surface area contributed by atoms with E-state index in [9.17, 15) is 14.3 Å². The average Bonchev–Trinajstić information content (AvgIpc) is 2.36. The molecule has 1 saturated heterocycles. The molecule has 19 heavy (non-hydrogen) atoms. The number of halogens is 2. The molecule has 0 aliphatic carbocycles.